The van der Waals surface area contributed by atoms with E-state index < -0.39 is 5.97 Å². The molecule has 0 saturated carbocycles. The molecule has 1 aliphatic heterocycles. The smallest absolute Gasteiger partial charge is 0.325 e. The Balaban J connectivity index is 1.56. The highest BCUT2D eigenvalue weighted by atomic mass is 16.4. The highest BCUT2D eigenvalue weighted by molar-refractivity contribution is 5.76. The molecule has 0 bridgehead atoms. The fourth-order valence-corrected chi connectivity index (χ4v) is 3.23. The van der Waals surface area contributed by atoms with Crippen molar-refractivity contribution >= 4 is 11.9 Å². The third-order valence-corrected chi connectivity index (χ3v) is 4.53. The number of hydrogen-bond donors (Lipinski definition) is 1. The van der Waals surface area contributed by atoms with Gasteiger partial charge in [-0.05, 0) is 43.0 Å². The Morgan fingerprint density at radius 3 is 2.80 bits per heavy atom. The summed E-state index contributed by atoms with van der Waals surface area (Å²) in [7, 11) is 0. The van der Waals surface area contributed by atoms with Crippen molar-refractivity contribution in [3.05, 3.63) is 48.0 Å². The van der Waals surface area contributed by atoms with Crippen LogP contribution in [0.4, 0.5) is 0 Å². The Morgan fingerprint density at radius 1 is 1.24 bits per heavy atom. The number of carboxylic acids is 1. The molecular formula is C18H22N4O3. The molecule has 1 unspecified atom stereocenters. The predicted molar refractivity (Wildman–Crippen MR) is 91.0 cm³/mol. The summed E-state index contributed by atoms with van der Waals surface area (Å²) in [5.41, 5.74) is 1.98. The standard InChI is InChI=1S/C18H22N4O3/c23-17(4-3-14-5-8-19-9-6-14)21-10-1-2-15(12-21)16-7-11-22(20-16)13-18(24)25/h5-9,11,15H,1-4,10,12-13H2,(H,24,25). The molecule has 2 aromatic heterocycles. The minimum absolute atomic E-state index is 0.138. The van der Waals surface area contributed by atoms with E-state index in [1.165, 1.54) is 4.68 Å². The maximum absolute atomic E-state index is 12.5. The van der Waals surface area contributed by atoms with Gasteiger partial charge in [-0.25, -0.2) is 0 Å². The second-order valence-corrected chi connectivity index (χ2v) is 6.37. The molecule has 3 heterocycles. The SMILES string of the molecule is O=C(O)Cn1ccc(C2CCCN(C(=O)CCc3ccncc3)C2)n1. The molecule has 1 atom stereocenters. The summed E-state index contributed by atoms with van der Waals surface area (Å²) in [4.78, 5) is 29.2. The molecule has 3 rings (SSSR count). The number of aryl methyl sites for hydroxylation is 1. The number of aromatic nitrogens is 3. The largest absolute Gasteiger partial charge is 0.480 e. The monoisotopic (exact) mass is 342 g/mol. The van der Waals surface area contributed by atoms with Crippen molar-refractivity contribution in [1.82, 2.24) is 19.7 Å². The van der Waals surface area contributed by atoms with Gasteiger partial charge in [0.1, 0.15) is 6.54 Å². The number of aliphatic carboxylic acids is 1. The summed E-state index contributed by atoms with van der Waals surface area (Å²) in [6, 6.07) is 5.72. The molecule has 0 aliphatic carbocycles. The first-order valence-corrected chi connectivity index (χ1v) is 8.53. The normalized spacial score (nSPS) is 17.4. The van der Waals surface area contributed by atoms with Crippen LogP contribution in [0.3, 0.4) is 0 Å². The van der Waals surface area contributed by atoms with Crippen LogP contribution in [-0.2, 0) is 22.6 Å². The fraction of sp³-hybridized carbons (Fsp3) is 0.444. The third kappa shape index (κ3) is 4.65. The Hall–Kier alpha value is -2.70. The molecule has 1 aliphatic rings. The summed E-state index contributed by atoms with van der Waals surface area (Å²) in [6.07, 6.45) is 8.29. The average Bonchev–Trinajstić information content (AvgIpc) is 3.08. The molecule has 132 valence electrons. The molecular weight excluding hydrogens is 320 g/mol. The van der Waals surface area contributed by atoms with Gasteiger partial charge >= 0.3 is 5.97 Å². The van der Waals surface area contributed by atoms with Crippen LogP contribution in [0.2, 0.25) is 0 Å². The van der Waals surface area contributed by atoms with Gasteiger partial charge < -0.3 is 10.0 Å². The van der Waals surface area contributed by atoms with Crippen LogP contribution < -0.4 is 0 Å². The van der Waals surface area contributed by atoms with Gasteiger partial charge in [0, 0.05) is 44.0 Å². The summed E-state index contributed by atoms with van der Waals surface area (Å²) in [5, 5.41) is 13.2. The van der Waals surface area contributed by atoms with E-state index in [9.17, 15) is 9.59 Å². The second kappa shape index (κ2) is 7.92. The van der Waals surface area contributed by atoms with Crippen LogP contribution >= 0.6 is 0 Å². The number of piperidine rings is 1. The number of carbonyl (C=O) groups excluding carboxylic acids is 1. The lowest BCUT2D eigenvalue weighted by Gasteiger charge is -2.32. The molecule has 7 nitrogen and oxygen atoms in total. The van der Waals surface area contributed by atoms with Gasteiger partial charge in [0.2, 0.25) is 5.91 Å². The quantitative estimate of drug-likeness (QED) is 0.863. The lowest BCUT2D eigenvalue weighted by Crippen LogP contribution is -2.39. The van der Waals surface area contributed by atoms with Crippen molar-refractivity contribution in [3.63, 3.8) is 0 Å². The molecule has 7 heteroatoms. The Labute approximate surface area is 146 Å². The molecule has 1 saturated heterocycles. The number of carbonyl (C=O) groups is 2. The van der Waals surface area contributed by atoms with Crippen LogP contribution in [-0.4, -0.2) is 49.7 Å². The predicted octanol–water partition coefficient (Wildman–Crippen LogP) is 1.70. The summed E-state index contributed by atoms with van der Waals surface area (Å²) in [6.45, 7) is 1.29. The molecule has 1 N–H and O–H groups in total. The molecule has 25 heavy (non-hydrogen) atoms. The first kappa shape index (κ1) is 17.1. The van der Waals surface area contributed by atoms with Gasteiger partial charge in [-0.3, -0.25) is 19.3 Å². The third-order valence-electron chi connectivity index (χ3n) is 4.53. The van der Waals surface area contributed by atoms with E-state index in [0.717, 1.165) is 37.1 Å². The van der Waals surface area contributed by atoms with Gasteiger partial charge in [-0.15, -0.1) is 0 Å². The highest BCUT2D eigenvalue weighted by Crippen LogP contribution is 2.26. The van der Waals surface area contributed by atoms with Crippen molar-refractivity contribution in [3.8, 4) is 0 Å². The van der Waals surface area contributed by atoms with Crippen LogP contribution in [0, 0.1) is 0 Å². The molecule has 1 fully saturated rings. The van der Waals surface area contributed by atoms with Crippen molar-refractivity contribution in [2.24, 2.45) is 0 Å². The lowest BCUT2D eigenvalue weighted by molar-refractivity contribution is -0.138. The maximum atomic E-state index is 12.5. The van der Waals surface area contributed by atoms with E-state index >= 15 is 0 Å². The van der Waals surface area contributed by atoms with E-state index in [1.54, 1.807) is 18.6 Å². The number of hydrogen-bond acceptors (Lipinski definition) is 4. The zero-order chi connectivity index (χ0) is 17.6. The molecule has 2 aromatic rings. The maximum Gasteiger partial charge on any atom is 0.325 e. The molecule has 0 radical (unpaired) electrons. The highest BCUT2D eigenvalue weighted by Gasteiger charge is 2.26. The van der Waals surface area contributed by atoms with Gasteiger partial charge in [0.25, 0.3) is 0 Å². The Kier molecular flexibility index (Phi) is 5.42. The number of pyridine rings is 1. The minimum Gasteiger partial charge on any atom is -0.480 e. The molecule has 0 aromatic carbocycles. The van der Waals surface area contributed by atoms with E-state index in [4.69, 9.17) is 5.11 Å². The first-order valence-electron chi connectivity index (χ1n) is 8.53. The zero-order valence-electron chi connectivity index (χ0n) is 14.0. The minimum atomic E-state index is -0.911. The number of amides is 1. The second-order valence-electron chi connectivity index (χ2n) is 6.37. The average molecular weight is 342 g/mol. The van der Waals surface area contributed by atoms with Crippen LogP contribution in [0.15, 0.2) is 36.8 Å². The zero-order valence-corrected chi connectivity index (χ0v) is 14.0. The van der Waals surface area contributed by atoms with Crippen molar-refractivity contribution < 1.29 is 14.7 Å². The number of nitrogens with zero attached hydrogens (tertiary/aromatic N) is 4. The van der Waals surface area contributed by atoms with E-state index in [1.807, 2.05) is 23.1 Å². The summed E-state index contributed by atoms with van der Waals surface area (Å²) in [5.74, 6) is -0.577. The number of rotatable bonds is 6. The van der Waals surface area contributed by atoms with E-state index in [0.29, 0.717) is 13.0 Å². The lowest BCUT2D eigenvalue weighted by atomic mass is 9.94. The van der Waals surface area contributed by atoms with Crippen molar-refractivity contribution in [2.75, 3.05) is 13.1 Å². The van der Waals surface area contributed by atoms with Gasteiger partial charge in [-0.1, -0.05) is 0 Å². The van der Waals surface area contributed by atoms with Crippen LogP contribution in [0.5, 0.6) is 0 Å². The Bertz CT molecular complexity index is 729. The number of likely N-dealkylation sites (tertiary alicyclic amines) is 1. The summed E-state index contributed by atoms with van der Waals surface area (Å²) < 4.78 is 1.43. The van der Waals surface area contributed by atoms with Gasteiger partial charge in [0.15, 0.2) is 0 Å². The Morgan fingerprint density at radius 2 is 2.04 bits per heavy atom. The molecule has 0 spiro atoms. The van der Waals surface area contributed by atoms with Crippen LogP contribution in [0.1, 0.15) is 36.4 Å². The van der Waals surface area contributed by atoms with Gasteiger partial charge in [-0.2, -0.15) is 5.10 Å². The van der Waals surface area contributed by atoms with Gasteiger partial charge in [0.05, 0.1) is 5.69 Å². The topological polar surface area (TPSA) is 88.3 Å². The first-order chi connectivity index (χ1) is 12.1. The fourth-order valence-electron chi connectivity index (χ4n) is 3.23. The summed E-state index contributed by atoms with van der Waals surface area (Å²) >= 11 is 0. The van der Waals surface area contributed by atoms with Crippen LogP contribution in [0.25, 0.3) is 0 Å². The molecule has 1 amide bonds. The van der Waals surface area contributed by atoms with E-state index in [-0.39, 0.29) is 18.4 Å². The van der Waals surface area contributed by atoms with E-state index in [2.05, 4.69) is 10.1 Å². The van der Waals surface area contributed by atoms with Crippen molar-refractivity contribution in [2.45, 2.75) is 38.1 Å². The van der Waals surface area contributed by atoms with Crippen molar-refractivity contribution in [1.29, 1.82) is 0 Å². The number of carboxylic acid groups (broad SMARTS) is 1.